The summed E-state index contributed by atoms with van der Waals surface area (Å²) in [5.74, 6) is 0. The van der Waals surface area contributed by atoms with E-state index in [0.717, 1.165) is 25.2 Å². The standard InChI is InChI=1S/C15H21N3O2/c1-11(16)13-4-2-12(3-5-13)6-17-7-15(8-17)9-18(10-15)14(19)20/h2-5,11H,6-10,16H2,1H3,(H,19,20). The zero-order chi connectivity index (χ0) is 14.3. The normalized spacial score (nSPS) is 22.2. The lowest BCUT2D eigenvalue weighted by atomic mass is 9.73. The molecule has 3 rings (SSSR count). The molecule has 1 unspecified atom stereocenters. The quantitative estimate of drug-likeness (QED) is 0.877. The minimum Gasteiger partial charge on any atom is -0.465 e. The second-order valence-electron chi connectivity index (χ2n) is 6.31. The predicted octanol–water partition coefficient (Wildman–Crippen LogP) is 1.50. The Bertz CT molecular complexity index is 498. The minimum absolute atomic E-state index is 0.0771. The smallest absolute Gasteiger partial charge is 0.407 e. The van der Waals surface area contributed by atoms with E-state index in [1.807, 2.05) is 6.92 Å². The van der Waals surface area contributed by atoms with Crippen LogP contribution in [0.4, 0.5) is 4.79 Å². The van der Waals surface area contributed by atoms with Crippen LogP contribution in [0.15, 0.2) is 24.3 Å². The van der Waals surface area contributed by atoms with Crippen molar-refractivity contribution in [3.05, 3.63) is 35.4 Å². The monoisotopic (exact) mass is 275 g/mol. The number of carbonyl (C=O) groups is 1. The van der Waals surface area contributed by atoms with Gasteiger partial charge in [-0.2, -0.15) is 0 Å². The second kappa shape index (κ2) is 4.75. The Morgan fingerprint density at radius 1 is 1.30 bits per heavy atom. The third-order valence-electron chi connectivity index (χ3n) is 4.35. The molecule has 0 aromatic heterocycles. The molecular formula is C15H21N3O2. The third-order valence-corrected chi connectivity index (χ3v) is 4.35. The van der Waals surface area contributed by atoms with E-state index in [2.05, 4.69) is 29.2 Å². The molecule has 2 heterocycles. The topological polar surface area (TPSA) is 69.8 Å². The Hall–Kier alpha value is -1.59. The van der Waals surface area contributed by atoms with Gasteiger partial charge in [-0.3, -0.25) is 4.90 Å². The highest BCUT2D eigenvalue weighted by Gasteiger charge is 2.52. The van der Waals surface area contributed by atoms with E-state index in [1.165, 1.54) is 10.5 Å². The summed E-state index contributed by atoms with van der Waals surface area (Å²) >= 11 is 0. The van der Waals surface area contributed by atoms with Gasteiger partial charge in [0.1, 0.15) is 0 Å². The molecule has 1 aromatic rings. The first kappa shape index (κ1) is 13.4. The van der Waals surface area contributed by atoms with E-state index in [-0.39, 0.29) is 11.5 Å². The minimum atomic E-state index is -0.791. The second-order valence-corrected chi connectivity index (χ2v) is 6.31. The molecule has 3 N–H and O–H groups in total. The van der Waals surface area contributed by atoms with E-state index in [0.29, 0.717) is 13.1 Å². The number of likely N-dealkylation sites (tertiary alicyclic amines) is 2. The van der Waals surface area contributed by atoms with Crippen molar-refractivity contribution in [3.63, 3.8) is 0 Å². The summed E-state index contributed by atoms with van der Waals surface area (Å²) in [5, 5.41) is 8.86. The first-order valence-corrected chi connectivity index (χ1v) is 7.02. The molecule has 1 spiro atoms. The molecule has 2 fully saturated rings. The Labute approximate surface area is 119 Å². The van der Waals surface area contributed by atoms with Crippen LogP contribution in [0.3, 0.4) is 0 Å². The summed E-state index contributed by atoms with van der Waals surface area (Å²) in [6.45, 7) is 6.33. The average Bonchev–Trinajstić information content (AvgIpc) is 2.30. The van der Waals surface area contributed by atoms with E-state index in [4.69, 9.17) is 10.8 Å². The first-order valence-electron chi connectivity index (χ1n) is 7.02. The van der Waals surface area contributed by atoms with Crippen molar-refractivity contribution < 1.29 is 9.90 Å². The van der Waals surface area contributed by atoms with Crippen LogP contribution in [0.25, 0.3) is 0 Å². The molecule has 2 aliphatic heterocycles. The van der Waals surface area contributed by atoms with Gasteiger partial charge in [-0.1, -0.05) is 24.3 Å². The lowest BCUT2D eigenvalue weighted by molar-refractivity contribution is -0.105. The molecule has 1 amide bonds. The molecule has 5 heteroatoms. The molecule has 108 valence electrons. The molecular weight excluding hydrogens is 254 g/mol. The van der Waals surface area contributed by atoms with Crippen LogP contribution in [0.5, 0.6) is 0 Å². The van der Waals surface area contributed by atoms with Gasteiger partial charge in [0.2, 0.25) is 0 Å². The van der Waals surface area contributed by atoms with Gasteiger partial charge in [-0.15, -0.1) is 0 Å². The predicted molar refractivity (Wildman–Crippen MR) is 76.4 cm³/mol. The SMILES string of the molecule is CC(N)c1ccc(CN2CC3(C2)CN(C(=O)O)C3)cc1. The maximum atomic E-state index is 10.8. The van der Waals surface area contributed by atoms with Crippen LogP contribution < -0.4 is 5.73 Å². The average molecular weight is 275 g/mol. The van der Waals surface area contributed by atoms with Gasteiger partial charge in [0.25, 0.3) is 0 Å². The van der Waals surface area contributed by atoms with Crippen LogP contribution in [-0.4, -0.2) is 47.2 Å². The van der Waals surface area contributed by atoms with E-state index in [1.54, 1.807) is 0 Å². The highest BCUT2D eigenvalue weighted by molar-refractivity contribution is 5.66. The summed E-state index contributed by atoms with van der Waals surface area (Å²) in [6, 6.07) is 8.52. The van der Waals surface area contributed by atoms with Gasteiger partial charge in [0, 0.05) is 44.2 Å². The lowest BCUT2D eigenvalue weighted by Gasteiger charge is -2.59. The van der Waals surface area contributed by atoms with E-state index >= 15 is 0 Å². The number of amides is 1. The number of benzene rings is 1. The van der Waals surface area contributed by atoms with Crippen molar-refractivity contribution in [2.45, 2.75) is 19.5 Å². The van der Waals surface area contributed by atoms with Gasteiger partial charge in [-0.05, 0) is 18.1 Å². The number of hydrogen-bond donors (Lipinski definition) is 2. The molecule has 2 saturated heterocycles. The fraction of sp³-hybridized carbons (Fsp3) is 0.533. The van der Waals surface area contributed by atoms with Gasteiger partial charge < -0.3 is 15.7 Å². The fourth-order valence-electron chi connectivity index (χ4n) is 3.30. The molecule has 0 aliphatic carbocycles. The zero-order valence-electron chi connectivity index (χ0n) is 11.7. The summed E-state index contributed by atoms with van der Waals surface area (Å²) in [6.07, 6.45) is -0.791. The van der Waals surface area contributed by atoms with Crippen molar-refractivity contribution in [1.82, 2.24) is 9.80 Å². The summed E-state index contributed by atoms with van der Waals surface area (Å²) in [4.78, 5) is 14.6. The molecule has 1 atom stereocenters. The Morgan fingerprint density at radius 3 is 2.40 bits per heavy atom. The molecule has 1 aromatic carbocycles. The number of carboxylic acid groups (broad SMARTS) is 1. The van der Waals surface area contributed by atoms with Crippen molar-refractivity contribution in [1.29, 1.82) is 0 Å². The summed E-state index contributed by atoms with van der Waals surface area (Å²) in [7, 11) is 0. The number of hydrogen-bond acceptors (Lipinski definition) is 3. The van der Waals surface area contributed by atoms with Crippen LogP contribution >= 0.6 is 0 Å². The Kier molecular flexibility index (Phi) is 3.18. The Balaban J connectivity index is 1.48. The van der Waals surface area contributed by atoms with Crippen molar-refractivity contribution in [2.75, 3.05) is 26.2 Å². The van der Waals surface area contributed by atoms with Crippen LogP contribution in [0.2, 0.25) is 0 Å². The Morgan fingerprint density at radius 2 is 1.90 bits per heavy atom. The molecule has 0 saturated carbocycles. The van der Waals surface area contributed by atoms with Crippen LogP contribution in [0, 0.1) is 5.41 Å². The molecule has 5 nitrogen and oxygen atoms in total. The summed E-state index contributed by atoms with van der Waals surface area (Å²) in [5.41, 5.74) is 8.53. The fourth-order valence-corrected chi connectivity index (χ4v) is 3.30. The zero-order valence-corrected chi connectivity index (χ0v) is 11.7. The largest absolute Gasteiger partial charge is 0.465 e. The molecule has 0 radical (unpaired) electrons. The van der Waals surface area contributed by atoms with Crippen molar-refractivity contribution in [3.8, 4) is 0 Å². The number of nitrogens with zero attached hydrogens (tertiary/aromatic N) is 2. The van der Waals surface area contributed by atoms with Crippen molar-refractivity contribution in [2.24, 2.45) is 11.1 Å². The van der Waals surface area contributed by atoms with Crippen LogP contribution in [0.1, 0.15) is 24.1 Å². The van der Waals surface area contributed by atoms with Gasteiger partial charge in [-0.25, -0.2) is 4.79 Å². The van der Waals surface area contributed by atoms with E-state index < -0.39 is 6.09 Å². The number of nitrogens with two attached hydrogens (primary N) is 1. The third kappa shape index (κ3) is 2.39. The summed E-state index contributed by atoms with van der Waals surface area (Å²) < 4.78 is 0. The molecule has 20 heavy (non-hydrogen) atoms. The maximum absolute atomic E-state index is 10.8. The highest BCUT2D eigenvalue weighted by Crippen LogP contribution is 2.40. The van der Waals surface area contributed by atoms with Crippen LogP contribution in [-0.2, 0) is 6.54 Å². The van der Waals surface area contributed by atoms with E-state index in [9.17, 15) is 4.79 Å². The number of rotatable bonds is 3. The first-order chi connectivity index (χ1) is 9.47. The molecule has 2 aliphatic rings. The maximum Gasteiger partial charge on any atom is 0.407 e. The van der Waals surface area contributed by atoms with Crippen molar-refractivity contribution >= 4 is 6.09 Å². The molecule has 0 bridgehead atoms. The van der Waals surface area contributed by atoms with Gasteiger partial charge >= 0.3 is 6.09 Å². The lowest BCUT2D eigenvalue weighted by Crippen LogP contribution is -2.72. The highest BCUT2D eigenvalue weighted by atomic mass is 16.4. The van der Waals surface area contributed by atoms with Gasteiger partial charge in [0.15, 0.2) is 0 Å². The van der Waals surface area contributed by atoms with Gasteiger partial charge in [0.05, 0.1) is 0 Å².